The lowest BCUT2D eigenvalue weighted by molar-refractivity contribution is 0.193. The van der Waals surface area contributed by atoms with Crippen molar-refractivity contribution in [1.29, 1.82) is 0 Å². The van der Waals surface area contributed by atoms with Crippen LogP contribution in [0.2, 0.25) is 0 Å². The number of halogens is 1. The maximum atomic E-state index is 13.9. The smallest absolute Gasteiger partial charge is 0.131 e. The van der Waals surface area contributed by atoms with Crippen LogP contribution in [0, 0.1) is 11.2 Å². The molecule has 2 rings (SSSR count). The van der Waals surface area contributed by atoms with E-state index in [9.17, 15) is 9.50 Å². The number of rotatable bonds is 2. The van der Waals surface area contributed by atoms with Gasteiger partial charge in [0.2, 0.25) is 0 Å². The van der Waals surface area contributed by atoms with Gasteiger partial charge in [0.25, 0.3) is 0 Å². The van der Waals surface area contributed by atoms with Crippen LogP contribution in [-0.4, -0.2) is 18.2 Å². The van der Waals surface area contributed by atoms with E-state index in [0.717, 1.165) is 25.2 Å². The molecule has 2 nitrogen and oxygen atoms in total. The average molecular weight is 251 g/mol. The largest absolute Gasteiger partial charge is 0.389 e. The summed E-state index contributed by atoms with van der Waals surface area (Å²) in [6.07, 6.45) is 1.54. The van der Waals surface area contributed by atoms with Gasteiger partial charge in [0.1, 0.15) is 5.82 Å². The first-order chi connectivity index (χ1) is 8.41. The second kappa shape index (κ2) is 4.88. The molecule has 0 spiro atoms. The van der Waals surface area contributed by atoms with Crippen molar-refractivity contribution in [1.82, 2.24) is 0 Å². The molecule has 1 atom stereocenters. The molecule has 0 aromatic heterocycles. The molecule has 0 aliphatic carbocycles. The predicted octanol–water partition coefficient (Wildman–Crippen LogP) is 3.51. The standard InChI is InChI=1S/C15H22FNO/c1-11(18)14-12(16)6-4-7-13(14)17-9-5-8-15(2,3)10-17/h4,6-7,11,18H,5,8-10H2,1-3H3/t11-/m1/s1. The maximum absolute atomic E-state index is 13.9. The normalized spacial score (nSPS) is 20.8. The molecular weight excluding hydrogens is 229 g/mol. The second-order valence-electron chi connectivity index (χ2n) is 6.04. The highest BCUT2D eigenvalue weighted by molar-refractivity contribution is 5.55. The minimum absolute atomic E-state index is 0.251. The van der Waals surface area contributed by atoms with Gasteiger partial charge in [-0.25, -0.2) is 4.39 Å². The Morgan fingerprint density at radius 1 is 1.39 bits per heavy atom. The minimum atomic E-state index is -0.772. The highest BCUT2D eigenvalue weighted by Crippen LogP contribution is 2.35. The second-order valence-corrected chi connectivity index (χ2v) is 6.04. The van der Waals surface area contributed by atoms with E-state index in [2.05, 4.69) is 18.7 Å². The molecule has 3 heteroatoms. The first-order valence-corrected chi connectivity index (χ1v) is 6.62. The lowest BCUT2D eigenvalue weighted by Crippen LogP contribution is -2.40. The number of aliphatic hydroxyl groups is 1. The number of hydrogen-bond acceptors (Lipinski definition) is 2. The summed E-state index contributed by atoms with van der Waals surface area (Å²) in [5, 5.41) is 9.78. The summed E-state index contributed by atoms with van der Waals surface area (Å²) in [5.41, 5.74) is 1.52. The third kappa shape index (κ3) is 2.66. The first kappa shape index (κ1) is 13.3. The number of benzene rings is 1. The molecule has 1 heterocycles. The van der Waals surface area contributed by atoms with Crippen LogP contribution in [-0.2, 0) is 0 Å². The van der Waals surface area contributed by atoms with Crippen LogP contribution in [0.3, 0.4) is 0 Å². The zero-order valence-corrected chi connectivity index (χ0v) is 11.4. The van der Waals surface area contributed by atoms with Crippen molar-refractivity contribution in [2.75, 3.05) is 18.0 Å². The van der Waals surface area contributed by atoms with Crippen molar-refractivity contribution < 1.29 is 9.50 Å². The zero-order valence-electron chi connectivity index (χ0n) is 11.4. The van der Waals surface area contributed by atoms with Gasteiger partial charge in [-0.15, -0.1) is 0 Å². The Morgan fingerprint density at radius 3 is 2.72 bits per heavy atom. The van der Waals surface area contributed by atoms with Crippen LogP contribution in [0.4, 0.5) is 10.1 Å². The van der Waals surface area contributed by atoms with Crippen molar-refractivity contribution in [2.45, 2.75) is 39.7 Å². The van der Waals surface area contributed by atoms with Crippen molar-refractivity contribution >= 4 is 5.69 Å². The molecule has 18 heavy (non-hydrogen) atoms. The summed E-state index contributed by atoms with van der Waals surface area (Å²) in [7, 11) is 0. The maximum Gasteiger partial charge on any atom is 0.131 e. The average Bonchev–Trinajstić information content (AvgIpc) is 2.26. The van der Waals surface area contributed by atoms with Crippen molar-refractivity contribution in [3.63, 3.8) is 0 Å². The van der Waals surface area contributed by atoms with Crippen LogP contribution in [0.5, 0.6) is 0 Å². The molecular formula is C15H22FNO. The van der Waals surface area contributed by atoms with Gasteiger partial charge in [0.15, 0.2) is 0 Å². The molecule has 1 fully saturated rings. The van der Waals surface area contributed by atoms with Gasteiger partial charge in [0.05, 0.1) is 6.10 Å². The Hall–Kier alpha value is -1.09. The third-order valence-electron chi connectivity index (χ3n) is 3.69. The molecule has 1 aliphatic rings. The number of anilines is 1. The monoisotopic (exact) mass is 251 g/mol. The van der Waals surface area contributed by atoms with E-state index in [1.165, 1.54) is 12.5 Å². The van der Waals surface area contributed by atoms with E-state index in [-0.39, 0.29) is 11.2 Å². The van der Waals surface area contributed by atoms with Crippen LogP contribution in [0.1, 0.15) is 45.3 Å². The molecule has 0 saturated carbocycles. The Balaban J connectivity index is 2.36. The molecule has 0 amide bonds. The van der Waals surface area contributed by atoms with E-state index in [1.54, 1.807) is 13.0 Å². The van der Waals surface area contributed by atoms with Crippen molar-refractivity contribution in [2.24, 2.45) is 5.41 Å². The third-order valence-corrected chi connectivity index (χ3v) is 3.69. The van der Waals surface area contributed by atoms with Crippen LogP contribution in [0.15, 0.2) is 18.2 Å². The van der Waals surface area contributed by atoms with Crippen molar-refractivity contribution in [3.8, 4) is 0 Å². The molecule has 0 radical (unpaired) electrons. The fourth-order valence-corrected chi connectivity index (χ4v) is 2.84. The Morgan fingerprint density at radius 2 is 2.11 bits per heavy atom. The first-order valence-electron chi connectivity index (χ1n) is 6.62. The molecule has 0 bridgehead atoms. The Labute approximate surface area is 108 Å². The minimum Gasteiger partial charge on any atom is -0.389 e. The van der Waals surface area contributed by atoms with E-state index in [1.807, 2.05) is 6.07 Å². The predicted molar refractivity (Wildman–Crippen MR) is 72.3 cm³/mol. The van der Waals surface area contributed by atoms with Crippen LogP contribution >= 0.6 is 0 Å². The molecule has 1 aromatic carbocycles. The van der Waals surface area contributed by atoms with Gasteiger partial charge in [0, 0.05) is 24.3 Å². The summed E-state index contributed by atoms with van der Waals surface area (Å²) in [6.45, 7) is 7.95. The summed E-state index contributed by atoms with van der Waals surface area (Å²) in [4.78, 5) is 2.20. The van der Waals surface area contributed by atoms with Gasteiger partial charge in [-0.2, -0.15) is 0 Å². The van der Waals surface area contributed by atoms with Crippen LogP contribution < -0.4 is 4.90 Å². The van der Waals surface area contributed by atoms with Gasteiger partial charge in [-0.1, -0.05) is 19.9 Å². The molecule has 1 aromatic rings. The Bertz CT molecular complexity index is 429. The van der Waals surface area contributed by atoms with Crippen molar-refractivity contribution in [3.05, 3.63) is 29.6 Å². The molecule has 0 unspecified atom stereocenters. The summed E-state index contributed by atoms with van der Waals surface area (Å²) < 4.78 is 13.9. The summed E-state index contributed by atoms with van der Waals surface area (Å²) >= 11 is 0. The highest BCUT2D eigenvalue weighted by atomic mass is 19.1. The van der Waals surface area contributed by atoms with Gasteiger partial charge < -0.3 is 10.0 Å². The van der Waals surface area contributed by atoms with Crippen LogP contribution in [0.25, 0.3) is 0 Å². The van der Waals surface area contributed by atoms with Gasteiger partial charge >= 0.3 is 0 Å². The summed E-state index contributed by atoms with van der Waals surface area (Å²) in [6, 6.07) is 5.05. The Kier molecular flexibility index (Phi) is 3.62. The van der Waals surface area contributed by atoms with Gasteiger partial charge in [-0.05, 0) is 37.3 Å². The molecule has 1 saturated heterocycles. The number of nitrogens with zero attached hydrogens (tertiary/aromatic N) is 1. The SMILES string of the molecule is C[C@@H](O)c1c(F)cccc1N1CCCC(C)(C)C1. The summed E-state index contributed by atoms with van der Waals surface area (Å²) in [5.74, 6) is -0.314. The fourth-order valence-electron chi connectivity index (χ4n) is 2.84. The lowest BCUT2D eigenvalue weighted by atomic mass is 9.83. The molecule has 1 aliphatic heterocycles. The number of piperidine rings is 1. The number of aliphatic hydroxyl groups excluding tert-OH is 1. The zero-order chi connectivity index (χ0) is 13.3. The topological polar surface area (TPSA) is 23.5 Å². The highest BCUT2D eigenvalue weighted by Gasteiger charge is 2.28. The van der Waals surface area contributed by atoms with Gasteiger partial charge in [-0.3, -0.25) is 0 Å². The number of hydrogen-bond donors (Lipinski definition) is 1. The lowest BCUT2D eigenvalue weighted by Gasteiger charge is -2.40. The molecule has 1 N–H and O–H groups in total. The van der Waals surface area contributed by atoms with E-state index in [4.69, 9.17) is 0 Å². The van der Waals surface area contributed by atoms with E-state index in [0.29, 0.717) is 5.56 Å². The van der Waals surface area contributed by atoms with E-state index < -0.39 is 6.10 Å². The van der Waals surface area contributed by atoms with E-state index >= 15 is 0 Å². The quantitative estimate of drug-likeness (QED) is 0.869. The fraction of sp³-hybridized carbons (Fsp3) is 0.600. The molecule has 100 valence electrons.